The van der Waals surface area contributed by atoms with Gasteiger partial charge in [0.15, 0.2) is 0 Å². The first kappa shape index (κ1) is 21.5. The number of nitrogens with one attached hydrogen (secondary N) is 2. The first-order valence-corrected chi connectivity index (χ1v) is 8.67. The summed E-state index contributed by atoms with van der Waals surface area (Å²) in [5.74, 6) is 0.402. The lowest BCUT2D eigenvalue weighted by atomic mass is 9.95. The van der Waals surface area contributed by atoms with Crippen LogP contribution in [0.4, 0.5) is 5.69 Å². The molecular formula is C19H30ClN3O2. The average Bonchev–Trinajstić information content (AvgIpc) is 2.54. The molecule has 5 nitrogen and oxygen atoms in total. The Labute approximate surface area is 157 Å². The molecule has 0 saturated carbocycles. The number of likely N-dealkylation sites (tertiary alicyclic amines) is 1. The van der Waals surface area contributed by atoms with Gasteiger partial charge in [-0.25, -0.2) is 0 Å². The van der Waals surface area contributed by atoms with Crippen molar-refractivity contribution < 1.29 is 9.59 Å². The standard InChI is InChI=1S/C19H29N3O2.ClH/c1-19(2,3)18(24)21-16-10-6-5-9-15(16)17(23)22-11-7-8-14(13-22)12-20-4;/h5-6,9-10,14,20H,7-8,11-13H2,1-4H3,(H,21,24);1H. The zero-order valence-electron chi connectivity index (χ0n) is 15.6. The number of para-hydroxylation sites is 1. The molecule has 6 heteroatoms. The summed E-state index contributed by atoms with van der Waals surface area (Å²) in [6.07, 6.45) is 2.17. The van der Waals surface area contributed by atoms with Crippen molar-refractivity contribution >= 4 is 29.9 Å². The highest BCUT2D eigenvalue weighted by molar-refractivity contribution is 6.04. The maximum atomic E-state index is 13.0. The van der Waals surface area contributed by atoms with Gasteiger partial charge in [-0.05, 0) is 44.5 Å². The lowest BCUT2D eigenvalue weighted by Crippen LogP contribution is -2.42. The maximum absolute atomic E-state index is 13.0. The van der Waals surface area contributed by atoms with Gasteiger partial charge in [0.2, 0.25) is 5.91 Å². The second-order valence-corrected chi connectivity index (χ2v) is 7.57. The summed E-state index contributed by atoms with van der Waals surface area (Å²) in [5.41, 5.74) is 0.664. The SMILES string of the molecule is CNCC1CCCN(C(=O)c2ccccc2NC(=O)C(C)(C)C)C1.Cl. The van der Waals surface area contributed by atoms with Crippen LogP contribution in [0.2, 0.25) is 0 Å². The Morgan fingerprint density at radius 2 is 1.92 bits per heavy atom. The van der Waals surface area contributed by atoms with Crippen molar-refractivity contribution in [2.24, 2.45) is 11.3 Å². The topological polar surface area (TPSA) is 61.4 Å². The highest BCUT2D eigenvalue weighted by atomic mass is 35.5. The van der Waals surface area contributed by atoms with Crippen molar-refractivity contribution in [3.8, 4) is 0 Å². The molecular weight excluding hydrogens is 338 g/mol. The molecule has 0 aromatic heterocycles. The van der Waals surface area contributed by atoms with E-state index < -0.39 is 5.41 Å². The fourth-order valence-electron chi connectivity index (χ4n) is 2.96. The third-order valence-electron chi connectivity index (χ3n) is 4.39. The van der Waals surface area contributed by atoms with Crippen LogP contribution in [0.3, 0.4) is 0 Å². The van der Waals surface area contributed by atoms with E-state index >= 15 is 0 Å². The van der Waals surface area contributed by atoms with E-state index in [9.17, 15) is 9.59 Å². The Hall–Kier alpha value is -1.59. The fourth-order valence-corrected chi connectivity index (χ4v) is 2.96. The monoisotopic (exact) mass is 367 g/mol. The van der Waals surface area contributed by atoms with Crippen LogP contribution in [0.5, 0.6) is 0 Å². The predicted octanol–water partition coefficient (Wildman–Crippen LogP) is 3.16. The number of amides is 2. The summed E-state index contributed by atoms with van der Waals surface area (Å²) in [6.45, 7) is 8.05. The van der Waals surface area contributed by atoms with Gasteiger partial charge in [0.25, 0.3) is 5.91 Å². The number of benzene rings is 1. The molecule has 0 aliphatic carbocycles. The molecule has 25 heavy (non-hydrogen) atoms. The number of halogens is 1. The van der Waals surface area contributed by atoms with Crippen LogP contribution in [-0.2, 0) is 4.79 Å². The quantitative estimate of drug-likeness (QED) is 0.859. The predicted molar refractivity (Wildman–Crippen MR) is 104 cm³/mol. The lowest BCUT2D eigenvalue weighted by Gasteiger charge is -2.33. The molecule has 2 amide bonds. The van der Waals surface area contributed by atoms with Crippen molar-refractivity contribution in [2.45, 2.75) is 33.6 Å². The number of piperidine rings is 1. The van der Waals surface area contributed by atoms with Crippen molar-refractivity contribution in [2.75, 3.05) is 32.0 Å². The Morgan fingerprint density at radius 1 is 1.24 bits per heavy atom. The molecule has 1 aromatic carbocycles. The first-order valence-electron chi connectivity index (χ1n) is 8.67. The number of nitrogens with zero attached hydrogens (tertiary/aromatic N) is 1. The van der Waals surface area contributed by atoms with Gasteiger partial charge >= 0.3 is 0 Å². The largest absolute Gasteiger partial charge is 0.338 e. The van der Waals surface area contributed by atoms with Crippen LogP contribution in [0.1, 0.15) is 44.0 Å². The molecule has 1 heterocycles. The molecule has 0 radical (unpaired) electrons. The van der Waals surface area contributed by atoms with Crippen molar-refractivity contribution in [1.82, 2.24) is 10.2 Å². The summed E-state index contributed by atoms with van der Waals surface area (Å²) in [6, 6.07) is 7.28. The van der Waals surface area contributed by atoms with Crippen molar-refractivity contribution in [1.29, 1.82) is 0 Å². The Balaban J connectivity index is 0.00000312. The molecule has 1 atom stereocenters. The summed E-state index contributed by atoms with van der Waals surface area (Å²) in [5, 5.41) is 6.10. The molecule has 1 aliphatic heterocycles. The summed E-state index contributed by atoms with van der Waals surface area (Å²) in [4.78, 5) is 27.1. The van der Waals surface area contributed by atoms with Crippen LogP contribution >= 0.6 is 12.4 Å². The van der Waals surface area contributed by atoms with E-state index in [1.54, 1.807) is 12.1 Å². The van der Waals surface area contributed by atoms with Gasteiger partial charge in [0.05, 0.1) is 11.3 Å². The number of hydrogen-bond acceptors (Lipinski definition) is 3. The normalized spacial score (nSPS) is 17.6. The Kier molecular flexibility index (Phi) is 7.90. The highest BCUT2D eigenvalue weighted by Crippen LogP contribution is 2.24. The molecule has 2 rings (SSSR count). The molecule has 0 spiro atoms. The fraction of sp³-hybridized carbons (Fsp3) is 0.579. The van der Waals surface area contributed by atoms with Gasteiger partial charge in [-0.2, -0.15) is 0 Å². The molecule has 1 fully saturated rings. The minimum absolute atomic E-state index is 0. The molecule has 1 aliphatic rings. The first-order chi connectivity index (χ1) is 11.3. The zero-order chi connectivity index (χ0) is 17.7. The average molecular weight is 368 g/mol. The van der Waals surface area contributed by atoms with E-state index in [1.165, 1.54) is 0 Å². The number of carbonyl (C=O) groups excluding carboxylic acids is 2. The van der Waals surface area contributed by atoms with E-state index in [2.05, 4.69) is 10.6 Å². The van der Waals surface area contributed by atoms with E-state index in [4.69, 9.17) is 0 Å². The summed E-state index contributed by atoms with van der Waals surface area (Å²) < 4.78 is 0. The summed E-state index contributed by atoms with van der Waals surface area (Å²) >= 11 is 0. The van der Waals surface area contributed by atoms with Gasteiger partial charge in [0.1, 0.15) is 0 Å². The van der Waals surface area contributed by atoms with Crippen LogP contribution in [0.15, 0.2) is 24.3 Å². The van der Waals surface area contributed by atoms with Gasteiger partial charge in [-0.15, -0.1) is 12.4 Å². The van der Waals surface area contributed by atoms with Crippen LogP contribution in [0, 0.1) is 11.3 Å². The van der Waals surface area contributed by atoms with Gasteiger partial charge in [0, 0.05) is 18.5 Å². The molecule has 0 bridgehead atoms. The van der Waals surface area contributed by atoms with Crippen LogP contribution in [0.25, 0.3) is 0 Å². The molecule has 140 valence electrons. The van der Waals surface area contributed by atoms with E-state index in [0.29, 0.717) is 17.2 Å². The van der Waals surface area contributed by atoms with Gasteiger partial charge < -0.3 is 15.5 Å². The van der Waals surface area contributed by atoms with E-state index in [1.807, 2.05) is 44.9 Å². The number of hydrogen-bond donors (Lipinski definition) is 2. The summed E-state index contributed by atoms with van der Waals surface area (Å²) in [7, 11) is 1.94. The number of anilines is 1. The van der Waals surface area contributed by atoms with Gasteiger partial charge in [-0.3, -0.25) is 9.59 Å². The number of rotatable bonds is 4. The van der Waals surface area contributed by atoms with Crippen LogP contribution in [-0.4, -0.2) is 43.4 Å². The molecule has 2 N–H and O–H groups in total. The van der Waals surface area contributed by atoms with Crippen molar-refractivity contribution in [3.05, 3.63) is 29.8 Å². The number of carbonyl (C=O) groups is 2. The van der Waals surface area contributed by atoms with Crippen molar-refractivity contribution in [3.63, 3.8) is 0 Å². The third kappa shape index (κ3) is 5.72. The molecule has 1 saturated heterocycles. The third-order valence-corrected chi connectivity index (χ3v) is 4.39. The Morgan fingerprint density at radius 3 is 2.56 bits per heavy atom. The van der Waals surface area contributed by atoms with Crippen LogP contribution < -0.4 is 10.6 Å². The molecule has 1 aromatic rings. The Bertz CT molecular complexity index is 597. The second-order valence-electron chi connectivity index (χ2n) is 7.57. The lowest BCUT2D eigenvalue weighted by molar-refractivity contribution is -0.123. The molecule has 1 unspecified atom stereocenters. The van der Waals surface area contributed by atoms with Gasteiger partial charge in [-0.1, -0.05) is 32.9 Å². The minimum atomic E-state index is -0.501. The van der Waals surface area contributed by atoms with E-state index in [-0.39, 0.29) is 24.2 Å². The zero-order valence-corrected chi connectivity index (χ0v) is 16.4. The maximum Gasteiger partial charge on any atom is 0.255 e. The smallest absolute Gasteiger partial charge is 0.255 e. The minimum Gasteiger partial charge on any atom is -0.338 e. The second kappa shape index (κ2) is 9.20. The van der Waals surface area contributed by atoms with E-state index in [0.717, 1.165) is 32.5 Å². The highest BCUT2D eigenvalue weighted by Gasteiger charge is 2.27.